The lowest BCUT2D eigenvalue weighted by molar-refractivity contribution is -0.148. The van der Waals surface area contributed by atoms with Gasteiger partial charge in [-0.05, 0) is 75.3 Å². The monoisotopic (exact) mass is 644 g/mol. The third kappa shape index (κ3) is 12.3. The van der Waals surface area contributed by atoms with Gasteiger partial charge in [0, 0.05) is 44.5 Å². The van der Waals surface area contributed by atoms with Crippen LogP contribution in [0, 0.1) is 5.92 Å². The summed E-state index contributed by atoms with van der Waals surface area (Å²) in [5.41, 5.74) is 12.7. The van der Waals surface area contributed by atoms with Crippen molar-refractivity contribution in [1.82, 2.24) is 4.90 Å². The topological polar surface area (TPSA) is 161 Å². The summed E-state index contributed by atoms with van der Waals surface area (Å²) in [5.74, 6) is 0.441. The highest BCUT2D eigenvalue weighted by molar-refractivity contribution is 5.79. The van der Waals surface area contributed by atoms with Crippen molar-refractivity contribution >= 4 is 17.8 Å². The fraction of sp³-hybridized carbons (Fsp3) is 0.750. The summed E-state index contributed by atoms with van der Waals surface area (Å²) in [5, 5.41) is 22.1. The van der Waals surface area contributed by atoms with Gasteiger partial charge in [-0.3, -0.25) is 14.6 Å². The molecule has 1 aromatic carbocycles. The summed E-state index contributed by atoms with van der Waals surface area (Å²) >= 11 is 0. The molecule has 46 heavy (non-hydrogen) atoms. The number of ether oxygens (including phenoxy) is 2. The van der Waals surface area contributed by atoms with Gasteiger partial charge in [0.05, 0.1) is 12.2 Å². The third-order valence-corrected chi connectivity index (χ3v) is 9.51. The zero-order valence-electron chi connectivity index (χ0n) is 28.6. The number of benzene rings is 1. The molecule has 1 heterocycles. The number of carbonyl (C=O) groups excluding carboxylic acids is 2. The molecule has 1 aliphatic carbocycles. The number of aromatic hydroxyl groups is 1. The van der Waals surface area contributed by atoms with Crippen LogP contribution in [0.5, 0.6) is 11.5 Å². The van der Waals surface area contributed by atoms with E-state index in [2.05, 4.69) is 18.8 Å². The van der Waals surface area contributed by atoms with Crippen LogP contribution in [0.25, 0.3) is 0 Å². The van der Waals surface area contributed by atoms with Crippen molar-refractivity contribution in [3.63, 3.8) is 0 Å². The minimum Gasteiger partial charge on any atom is -0.504 e. The van der Waals surface area contributed by atoms with Gasteiger partial charge in [0.2, 0.25) is 5.91 Å². The summed E-state index contributed by atoms with van der Waals surface area (Å²) in [6, 6.07) is 3.89. The molecule has 2 fully saturated rings. The Hall–Kier alpha value is -3.01. The van der Waals surface area contributed by atoms with Crippen LogP contribution in [0.4, 0.5) is 0 Å². The molecule has 1 aliphatic heterocycles. The average Bonchev–Trinajstić information content (AvgIpc) is 3.61. The molecule has 4 atom stereocenters. The number of likely N-dealkylation sites (tertiary alicyclic amines) is 1. The molecular weight excluding hydrogens is 584 g/mol. The minimum absolute atomic E-state index is 0.0399. The van der Waals surface area contributed by atoms with E-state index in [1.165, 1.54) is 6.92 Å². The van der Waals surface area contributed by atoms with Crippen LogP contribution in [-0.2, 0) is 27.3 Å². The molecular formula is C36H60N4O6. The second-order valence-electron chi connectivity index (χ2n) is 13.4. The fourth-order valence-electron chi connectivity index (χ4n) is 7.06. The van der Waals surface area contributed by atoms with Gasteiger partial charge in [0.25, 0.3) is 0 Å². The highest BCUT2D eigenvalue weighted by Crippen LogP contribution is 2.39. The van der Waals surface area contributed by atoms with Gasteiger partial charge in [0.1, 0.15) is 6.10 Å². The summed E-state index contributed by atoms with van der Waals surface area (Å²) in [6.45, 7) is 6.47. The molecule has 0 radical (unpaired) electrons. The predicted molar refractivity (Wildman–Crippen MR) is 182 cm³/mol. The Balaban J connectivity index is 1.84. The van der Waals surface area contributed by atoms with Gasteiger partial charge in [-0.1, -0.05) is 58.4 Å². The predicted octanol–water partition coefficient (Wildman–Crippen LogP) is 5.87. The molecule has 0 bridgehead atoms. The minimum atomic E-state index is -0.529. The maximum atomic E-state index is 13.5. The number of hydrogen-bond acceptors (Lipinski definition) is 7. The number of phenols is 1. The first kappa shape index (κ1) is 37.4. The van der Waals surface area contributed by atoms with Crippen LogP contribution < -0.4 is 16.2 Å². The highest BCUT2D eigenvalue weighted by Gasteiger charge is 2.39. The van der Waals surface area contributed by atoms with Crippen LogP contribution >= 0.6 is 0 Å². The number of nitrogens with two attached hydrogens (primary N) is 2. The van der Waals surface area contributed by atoms with Crippen molar-refractivity contribution in [2.24, 2.45) is 22.4 Å². The van der Waals surface area contributed by atoms with Crippen LogP contribution in [0.2, 0.25) is 0 Å². The number of unbranched alkanes of at least 4 members (excludes halogenated alkanes) is 4. The first-order valence-electron chi connectivity index (χ1n) is 17.8. The number of guanidine groups is 1. The SMILES string of the molecule is CCCCCC(O)CC(CCc1cc(CN2C(=O)CC(CCN=C(N)N)C2CCCCC)c(O)c(OC2CCCC2)c1)OC(C)=O. The molecule has 3 rings (SSSR count). The first-order valence-corrected chi connectivity index (χ1v) is 17.8. The molecule has 4 unspecified atom stereocenters. The van der Waals surface area contributed by atoms with Gasteiger partial charge in [-0.25, -0.2) is 0 Å². The lowest BCUT2D eigenvalue weighted by Gasteiger charge is -2.29. The number of hydrogen-bond donors (Lipinski definition) is 4. The Morgan fingerprint density at radius 3 is 2.46 bits per heavy atom. The second kappa shape index (κ2) is 19.6. The van der Waals surface area contributed by atoms with E-state index in [4.69, 9.17) is 20.9 Å². The summed E-state index contributed by atoms with van der Waals surface area (Å²) in [4.78, 5) is 31.5. The van der Waals surface area contributed by atoms with Crippen molar-refractivity contribution in [1.29, 1.82) is 0 Å². The summed E-state index contributed by atoms with van der Waals surface area (Å²) < 4.78 is 12.0. The summed E-state index contributed by atoms with van der Waals surface area (Å²) in [6.07, 6.45) is 13.7. The fourth-order valence-corrected chi connectivity index (χ4v) is 7.06. The first-order chi connectivity index (χ1) is 22.1. The Bertz CT molecular complexity index is 1120. The number of aliphatic imine (C=N–C) groups is 1. The normalized spacial score (nSPS) is 19.7. The van der Waals surface area contributed by atoms with Crippen molar-refractivity contribution < 1.29 is 29.3 Å². The maximum Gasteiger partial charge on any atom is 0.302 e. The van der Waals surface area contributed by atoms with E-state index in [0.29, 0.717) is 56.5 Å². The van der Waals surface area contributed by atoms with Crippen LogP contribution in [-0.4, -0.2) is 63.8 Å². The van der Waals surface area contributed by atoms with Gasteiger partial charge >= 0.3 is 5.97 Å². The Morgan fingerprint density at radius 1 is 1.07 bits per heavy atom. The molecule has 1 saturated heterocycles. The van der Waals surface area contributed by atoms with Crippen molar-refractivity contribution in [2.75, 3.05) is 6.54 Å². The van der Waals surface area contributed by atoms with Gasteiger partial charge in [-0.2, -0.15) is 0 Å². The molecule has 10 nitrogen and oxygen atoms in total. The number of phenolic OH excluding ortho intramolecular Hbond substituents is 1. The number of carbonyl (C=O) groups is 2. The van der Waals surface area contributed by atoms with Gasteiger partial charge < -0.3 is 36.1 Å². The molecule has 1 amide bonds. The second-order valence-corrected chi connectivity index (χ2v) is 13.4. The van der Waals surface area contributed by atoms with Gasteiger partial charge in [0.15, 0.2) is 17.5 Å². The van der Waals surface area contributed by atoms with Crippen LogP contribution in [0.1, 0.15) is 135 Å². The smallest absolute Gasteiger partial charge is 0.302 e. The molecule has 2 aliphatic rings. The van der Waals surface area contributed by atoms with E-state index in [1.54, 1.807) is 0 Å². The van der Waals surface area contributed by atoms with Gasteiger partial charge in [-0.15, -0.1) is 0 Å². The van der Waals surface area contributed by atoms with Crippen molar-refractivity contribution in [2.45, 2.75) is 161 Å². The lowest BCUT2D eigenvalue weighted by Crippen LogP contribution is -2.35. The molecule has 6 N–H and O–H groups in total. The Kier molecular flexibility index (Phi) is 16.0. The Morgan fingerprint density at radius 2 is 1.78 bits per heavy atom. The van der Waals surface area contributed by atoms with E-state index >= 15 is 0 Å². The number of esters is 1. The van der Waals surface area contributed by atoms with E-state index < -0.39 is 12.2 Å². The largest absolute Gasteiger partial charge is 0.504 e. The maximum absolute atomic E-state index is 13.5. The molecule has 0 spiro atoms. The lowest BCUT2D eigenvalue weighted by atomic mass is 9.92. The highest BCUT2D eigenvalue weighted by atomic mass is 16.5. The Labute approximate surface area is 276 Å². The number of nitrogens with zero attached hydrogens (tertiary/aromatic N) is 2. The van der Waals surface area contributed by atoms with E-state index in [-0.39, 0.29) is 41.6 Å². The number of amides is 1. The molecule has 1 aromatic rings. The number of aliphatic hydroxyl groups excluding tert-OH is 1. The van der Waals surface area contributed by atoms with E-state index in [1.807, 2.05) is 17.0 Å². The van der Waals surface area contributed by atoms with E-state index in [9.17, 15) is 19.8 Å². The van der Waals surface area contributed by atoms with Crippen molar-refractivity contribution in [3.8, 4) is 11.5 Å². The molecule has 10 heteroatoms. The van der Waals surface area contributed by atoms with Crippen LogP contribution in [0.15, 0.2) is 17.1 Å². The number of aryl methyl sites for hydroxylation is 1. The van der Waals surface area contributed by atoms with E-state index in [0.717, 1.165) is 82.6 Å². The molecule has 1 saturated carbocycles. The van der Waals surface area contributed by atoms with Crippen molar-refractivity contribution in [3.05, 3.63) is 23.3 Å². The zero-order chi connectivity index (χ0) is 33.5. The summed E-state index contributed by atoms with van der Waals surface area (Å²) in [7, 11) is 0. The zero-order valence-corrected chi connectivity index (χ0v) is 28.6. The quantitative estimate of drug-likeness (QED) is 0.0559. The number of aliphatic hydroxyl groups is 1. The van der Waals surface area contributed by atoms with Crippen LogP contribution in [0.3, 0.4) is 0 Å². The standard InChI is InChI=1S/C36H60N4O6/c1-4-6-8-12-29(42)23-31(45-25(3)41)17-16-26-20-28(35(44)33(21-26)46-30-13-10-11-14-30)24-40-32(15-9-7-5-2)27(22-34(40)43)18-19-39-36(37)38/h20-21,27,29-32,42,44H,4-19,22-24H2,1-3H3,(H4,37,38,39). The third-order valence-electron chi connectivity index (χ3n) is 9.51. The number of rotatable bonds is 21. The molecule has 260 valence electrons. The average molecular weight is 645 g/mol. The molecule has 0 aromatic heterocycles.